The third-order valence-corrected chi connectivity index (χ3v) is 11.3. The number of hydrogen-bond donors (Lipinski definition) is 1. The van der Waals surface area contributed by atoms with Gasteiger partial charge >= 0.3 is 0 Å². The zero-order valence-corrected chi connectivity index (χ0v) is 20.8. The Hall–Kier alpha value is -2.44. The third kappa shape index (κ3) is 4.75. The van der Waals surface area contributed by atoms with Gasteiger partial charge in [-0.2, -0.15) is 0 Å². The van der Waals surface area contributed by atoms with Crippen LogP contribution in [0.15, 0.2) is 36.4 Å². The number of methoxy groups -OCH3 is 1. The zero-order chi connectivity index (χ0) is 23.6. The molecule has 0 fully saturated rings. The molecule has 0 amide bonds. The Morgan fingerprint density at radius 2 is 1.71 bits per heavy atom. The minimum atomic E-state index is -2.37. The van der Waals surface area contributed by atoms with E-state index in [0.717, 1.165) is 0 Å². The average Bonchev–Trinajstić information content (AvgIpc) is 2.73. The van der Waals surface area contributed by atoms with Gasteiger partial charge in [0.1, 0.15) is 17.6 Å². The maximum atomic E-state index is 13.0. The largest absolute Gasteiger partial charge is 0.543 e. The van der Waals surface area contributed by atoms with Crippen LogP contribution in [0.25, 0.3) is 0 Å². The molecule has 2 aromatic rings. The van der Waals surface area contributed by atoms with Gasteiger partial charge in [0, 0.05) is 17.2 Å². The summed E-state index contributed by atoms with van der Waals surface area (Å²) in [7, 11) is -0.849. The second-order valence-electron chi connectivity index (χ2n) is 9.27. The SMILES string of the molecule is COc1cc(O[Si](C)(C)C(C)(C)C(C)C)c(C=O)c(C(O)C(=O)c2ccccc2)c1C. The van der Waals surface area contributed by atoms with E-state index in [-0.39, 0.29) is 16.2 Å². The summed E-state index contributed by atoms with van der Waals surface area (Å²) in [6.45, 7) is 14.6. The lowest BCUT2D eigenvalue weighted by Crippen LogP contribution is -2.48. The van der Waals surface area contributed by atoms with E-state index >= 15 is 0 Å². The van der Waals surface area contributed by atoms with Crippen LogP contribution < -0.4 is 9.16 Å². The molecule has 0 aliphatic rings. The molecule has 0 aromatic heterocycles. The molecule has 0 saturated carbocycles. The number of ketones is 1. The number of ether oxygens (including phenoxy) is 1. The van der Waals surface area contributed by atoms with Crippen molar-refractivity contribution in [2.45, 2.75) is 58.9 Å². The number of hydrogen-bond acceptors (Lipinski definition) is 5. The molecular weight excluding hydrogens is 408 g/mol. The Kier molecular flexibility index (Phi) is 7.50. The molecule has 5 nitrogen and oxygen atoms in total. The number of benzene rings is 2. The van der Waals surface area contributed by atoms with Crippen LogP contribution >= 0.6 is 0 Å². The Labute approximate surface area is 186 Å². The third-order valence-electron chi connectivity index (χ3n) is 6.87. The molecular formula is C25H34O5Si. The highest BCUT2D eigenvalue weighted by molar-refractivity contribution is 6.75. The molecule has 0 heterocycles. The summed E-state index contributed by atoms with van der Waals surface area (Å²) in [5.74, 6) is 0.691. The smallest absolute Gasteiger partial charge is 0.251 e. The highest BCUT2D eigenvalue weighted by Crippen LogP contribution is 2.46. The van der Waals surface area contributed by atoms with E-state index in [4.69, 9.17) is 9.16 Å². The van der Waals surface area contributed by atoms with Crippen molar-refractivity contribution in [3.05, 3.63) is 58.7 Å². The number of aliphatic hydroxyl groups excluding tert-OH is 1. The fourth-order valence-corrected chi connectivity index (χ4v) is 5.91. The van der Waals surface area contributed by atoms with Crippen LogP contribution in [0.1, 0.15) is 65.6 Å². The van der Waals surface area contributed by atoms with E-state index in [2.05, 4.69) is 40.8 Å². The van der Waals surface area contributed by atoms with Gasteiger partial charge in [-0.1, -0.05) is 58.0 Å². The van der Waals surface area contributed by atoms with E-state index in [0.29, 0.717) is 34.8 Å². The van der Waals surface area contributed by atoms with Gasteiger partial charge in [0.15, 0.2) is 12.1 Å². The monoisotopic (exact) mass is 442 g/mol. The molecule has 1 atom stereocenters. The number of carbonyl (C=O) groups is 2. The van der Waals surface area contributed by atoms with Gasteiger partial charge in [-0.3, -0.25) is 9.59 Å². The molecule has 0 aliphatic carbocycles. The van der Waals surface area contributed by atoms with Crippen molar-refractivity contribution in [1.82, 2.24) is 0 Å². The van der Waals surface area contributed by atoms with Gasteiger partial charge in [-0.15, -0.1) is 0 Å². The minimum Gasteiger partial charge on any atom is -0.543 e. The van der Waals surface area contributed by atoms with E-state index in [1.54, 1.807) is 43.3 Å². The number of aldehydes is 1. The highest BCUT2D eigenvalue weighted by atomic mass is 28.4. The van der Waals surface area contributed by atoms with E-state index < -0.39 is 20.2 Å². The van der Waals surface area contributed by atoms with Crippen molar-refractivity contribution in [3.63, 3.8) is 0 Å². The molecule has 2 aromatic carbocycles. The molecule has 168 valence electrons. The normalized spacial score (nSPS) is 13.1. The average molecular weight is 443 g/mol. The molecule has 31 heavy (non-hydrogen) atoms. The maximum absolute atomic E-state index is 13.0. The van der Waals surface area contributed by atoms with Crippen LogP contribution in [0.3, 0.4) is 0 Å². The van der Waals surface area contributed by atoms with Crippen molar-refractivity contribution in [3.8, 4) is 11.5 Å². The van der Waals surface area contributed by atoms with E-state index in [9.17, 15) is 14.7 Å². The number of Topliss-reactive ketones (excluding diaryl/α,β-unsaturated/α-hetero) is 1. The lowest BCUT2D eigenvalue weighted by Gasteiger charge is -2.42. The quantitative estimate of drug-likeness (QED) is 0.304. The van der Waals surface area contributed by atoms with Crippen LogP contribution in [0.2, 0.25) is 18.1 Å². The number of rotatable bonds is 9. The lowest BCUT2D eigenvalue weighted by molar-refractivity contribution is 0.0744. The summed E-state index contributed by atoms with van der Waals surface area (Å²) in [4.78, 5) is 25.2. The van der Waals surface area contributed by atoms with Gasteiger partial charge in [0.05, 0.1) is 12.7 Å². The molecule has 6 heteroatoms. The Morgan fingerprint density at radius 3 is 2.19 bits per heavy atom. The fraction of sp³-hybridized carbons (Fsp3) is 0.440. The standard InChI is InChI=1S/C25H34O5Si/c1-16(2)25(4,5)31(7,8)30-21-14-20(29-6)17(3)22(19(21)15-26)24(28)23(27)18-12-10-9-11-13-18/h9-16,24,28H,1-8H3. The van der Waals surface area contributed by atoms with Crippen molar-refractivity contribution in [2.24, 2.45) is 5.92 Å². The predicted octanol–water partition coefficient (Wildman–Crippen LogP) is 5.75. The zero-order valence-electron chi connectivity index (χ0n) is 19.8. The Morgan fingerprint density at radius 1 is 1.13 bits per heavy atom. The van der Waals surface area contributed by atoms with Crippen molar-refractivity contribution >= 4 is 20.4 Å². The summed E-state index contributed by atoms with van der Waals surface area (Å²) in [5.41, 5.74) is 1.32. The first kappa shape index (κ1) is 24.8. The maximum Gasteiger partial charge on any atom is 0.251 e. The molecule has 0 bridgehead atoms. The minimum absolute atomic E-state index is 0.0933. The fourth-order valence-electron chi connectivity index (χ4n) is 3.54. The highest BCUT2D eigenvalue weighted by Gasteiger charge is 2.45. The van der Waals surface area contributed by atoms with Crippen molar-refractivity contribution in [1.29, 1.82) is 0 Å². The van der Waals surface area contributed by atoms with Gasteiger partial charge in [-0.05, 0) is 36.5 Å². The summed E-state index contributed by atoms with van der Waals surface area (Å²) in [6.07, 6.45) is -0.853. The van der Waals surface area contributed by atoms with Gasteiger partial charge in [0.2, 0.25) is 0 Å². The molecule has 0 radical (unpaired) electrons. The van der Waals surface area contributed by atoms with E-state index in [1.165, 1.54) is 7.11 Å². The first-order chi connectivity index (χ1) is 14.4. The first-order valence-electron chi connectivity index (χ1n) is 10.5. The summed E-state index contributed by atoms with van der Waals surface area (Å²) < 4.78 is 12.0. The van der Waals surface area contributed by atoms with Crippen LogP contribution in [-0.2, 0) is 0 Å². The first-order valence-corrected chi connectivity index (χ1v) is 13.4. The van der Waals surface area contributed by atoms with Crippen LogP contribution in [-0.4, -0.2) is 32.6 Å². The van der Waals surface area contributed by atoms with Crippen molar-refractivity contribution < 1.29 is 23.9 Å². The molecule has 1 unspecified atom stereocenters. The summed E-state index contributed by atoms with van der Waals surface area (Å²) in [6, 6.07) is 10.2. The Bertz CT molecular complexity index is 948. The van der Waals surface area contributed by atoms with Crippen LogP contribution in [0, 0.1) is 12.8 Å². The summed E-state index contributed by atoms with van der Waals surface area (Å²) >= 11 is 0. The molecule has 0 aliphatic heterocycles. The van der Waals surface area contributed by atoms with Crippen LogP contribution in [0.5, 0.6) is 11.5 Å². The number of carbonyl (C=O) groups excluding carboxylic acids is 2. The van der Waals surface area contributed by atoms with Gasteiger partial charge < -0.3 is 14.3 Å². The molecule has 2 rings (SSSR count). The summed E-state index contributed by atoms with van der Waals surface area (Å²) in [5, 5.41) is 10.9. The second kappa shape index (κ2) is 9.36. The predicted molar refractivity (Wildman–Crippen MR) is 126 cm³/mol. The van der Waals surface area contributed by atoms with Crippen molar-refractivity contribution in [2.75, 3.05) is 7.11 Å². The van der Waals surface area contributed by atoms with Gasteiger partial charge in [-0.25, -0.2) is 0 Å². The molecule has 1 N–H and O–H groups in total. The second-order valence-corrected chi connectivity index (χ2v) is 13.8. The Balaban J connectivity index is 2.65. The molecule has 0 saturated heterocycles. The lowest BCUT2D eigenvalue weighted by atomic mass is 9.91. The molecule has 0 spiro atoms. The topological polar surface area (TPSA) is 72.8 Å². The van der Waals surface area contributed by atoms with Gasteiger partial charge in [0.25, 0.3) is 8.32 Å². The van der Waals surface area contributed by atoms with Crippen LogP contribution in [0.4, 0.5) is 0 Å². The van der Waals surface area contributed by atoms with E-state index in [1.807, 2.05) is 0 Å². The number of aliphatic hydroxyl groups is 1.